The second kappa shape index (κ2) is 15.8. The summed E-state index contributed by atoms with van der Waals surface area (Å²) in [5.74, 6) is 1.06. The summed E-state index contributed by atoms with van der Waals surface area (Å²) in [6.45, 7) is 9.85. The van der Waals surface area contributed by atoms with Crippen LogP contribution in [0.5, 0.6) is 0 Å². The SMILES string of the molecule is C[C@H](C#N)Nc1cc(-n2ncc3cc(C#N)c(N)nc32)ncc1-n1cc(C2CCC(CCN3CCN(c4ccc([C@@]5(C)CCC(=O)NC5=O)nc4)[C@@H](C)C3)CC2)nn1. The molecule has 8 rings (SSSR count). The Kier molecular flexibility index (Phi) is 10.5. The third-order valence-corrected chi connectivity index (χ3v) is 12.2. The fraction of sp³-hybridized carbons (Fsp3) is 0.463. The van der Waals surface area contributed by atoms with E-state index in [0.29, 0.717) is 64.6 Å². The van der Waals surface area contributed by atoms with Crippen molar-refractivity contribution in [2.45, 2.75) is 89.1 Å². The van der Waals surface area contributed by atoms with Crippen molar-refractivity contribution in [3.63, 3.8) is 0 Å². The molecule has 4 N–H and O–H groups in total. The number of hydrogen-bond donors (Lipinski definition) is 3. The smallest absolute Gasteiger partial charge is 0.238 e. The maximum absolute atomic E-state index is 12.6. The number of nitrogens with two attached hydrogens (primary N) is 1. The summed E-state index contributed by atoms with van der Waals surface area (Å²) in [7, 11) is 0. The largest absolute Gasteiger partial charge is 0.383 e. The fourth-order valence-electron chi connectivity index (χ4n) is 8.59. The molecule has 2 aliphatic heterocycles. The van der Waals surface area contributed by atoms with Gasteiger partial charge in [0.1, 0.15) is 23.6 Å². The van der Waals surface area contributed by atoms with Crippen molar-refractivity contribution < 1.29 is 9.59 Å². The van der Waals surface area contributed by atoms with Gasteiger partial charge in [0.15, 0.2) is 11.5 Å². The monoisotopic (exact) mass is 781 g/mol. The number of aromatic nitrogens is 8. The number of fused-ring (bicyclic) bond motifs is 1. The predicted molar refractivity (Wildman–Crippen MR) is 216 cm³/mol. The van der Waals surface area contributed by atoms with E-state index in [2.05, 4.69) is 64.9 Å². The Labute approximate surface area is 336 Å². The third kappa shape index (κ3) is 7.53. The van der Waals surface area contributed by atoms with Crippen molar-refractivity contribution in [2.75, 3.05) is 42.1 Å². The van der Waals surface area contributed by atoms with Gasteiger partial charge in [-0.3, -0.25) is 24.8 Å². The molecule has 1 saturated carbocycles. The number of hydrogen-bond acceptors (Lipinski definition) is 14. The molecule has 0 aromatic carbocycles. The predicted octanol–water partition coefficient (Wildman–Crippen LogP) is 4.14. The highest BCUT2D eigenvalue weighted by Gasteiger charge is 2.41. The van der Waals surface area contributed by atoms with Crippen molar-refractivity contribution in [1.29, 1.82) is 10.5 Å². The van der Waals surface area contributed by atoms with E-state index >= 15 is 0 Å². The van der Waals surface area contributed by atoms with Crippen LogP contribution in [0.15, 0.2) is 49.1 Å². The highest BCUT2D eigenvalue weighted by molar-refractivity contribution is 6.03. The summed E-state index contributed by atoms with van der Waals surface area (Å²) in [6, 6.07) is 11.6. The van der Waals surface area contributed by atoms with Crippen LogP contribution in [-0.4, -0.2) is 94.7 Å². The van der Waals surface area contributed by atoms with Gasteiger partial charge < -0.3 is 16.0 Å². The number of pyridine rings is 3. The maximum Gasteiger partial charge on any atom is 0.238 e. The molecular weight excluding hydrogens is 735 g/mol. The van der Waals surface area contributed by atoms with Crippen LogP contribution in [0.2, 0.25) is 0 Å². The Hall–Kier alpha value is -6.46. The van der Waals surface area contributed by atoms with E-state index in [-0.39, 0.29) is 23.2 Å². The first-order valence-electron chi connectivity index (χ1n) is 20.0. The van der Waals surface area contributed by atoms with Gasteiger partial charge in [-0.05, 0) is 90.0 Å². The minimum atomic E-state index is -0.792. The van der Waals surface area contributed by atoms with Crippen molar-refractivity contribution >= 4 is 40.0 Å². The molecule has 17 nitrogen and oxygen atoms in total. The molecule has 0 bridgehead atoms. The zero-order chi connectivity index (χ0) is 40.6. The summed E-state index contributed by atoms with van der Waals surface area (Å²) in [5, 5.41) is 38.9. The fourth-order valence-corrected chi connectivity index (χ4v) is 8.59. The number of imide groups is 1. The summed E-state index contributed by atoms with van der Waals surface area (Å²) < 4.78 is 3.27. The Bertz CT molecular complexity index is 2420. The highest BCUT2D eigenvalue weighted by Crippen LogP contribution is 2.37. The van der Waals surface area contributed by atoms with Crippen molar-refractivity contribution in [3.8, 4) is 23.6 Å². The topological polar surface area (TPSA) is 225 Å². The van der Waals surface area contributed by atoms with Gasteiger partial charge in [0, 0.05) is 49.5 Å². The molecule has 2 amide bonds. The second-order valence-corrected chi connectivity index (χ2v) is 16.1. The van der Waals surface area contributed by atoms with Gasteiger partial charge in [-0.15, -0.1) is 5.10 Å². The van der Waals surface area contributed by atoms with Gasteiger partial charge in [0.2, 0.25) is 11.8 Å². The number of rotatable bonds is 10. The summed E-state index contributed by atoms with van der Waals surface area (Å²) in [6.07, 6.45) is 13.5. The molecule has 2 saturated heterocycles. The minimum Gasteiger partial charge on any atom is -0.383 e. The van der Waals surface area contributed by atoms with E-state index in [4.69, 9.17) is 10.7 Å². The molecule has 1 aliphatic carbocycles. The molecule has 5 aromatic rings. The van der Waals surface area contributed by atoms with E-state index in [1.165, 1.54) is 6.42 Å². The molecule has 298 valence electrons. The number of nitriles is 2. The van der Waals surface area contributed by atoms with Crippen LogP contribution in [0.3, 0.4) is 0 Å². The summed E-state index contributed by atoms with van der Waals surface area (Å²) >= 11 is 0. The van der Waals surface area contributed by atoms with E-state index < -0.39 is 11.5 Å². The second-order valence-electron chi connectivity index (χ2n) is 16.1. The van der Waals surface area contributed by atoms with Crippen LogP contribution >= 0.6 is 0 Å². The standard InChI is InChI=1S/C41H47N15O2/c1-25(18-42)48-32-17-36(56-39-30(20-47-56)16-29(19-43)38(44)50-39)46-22-34(32)55-24-33(51-52-55)28-6-4-27(5-7-28)11-13-53-14-15-54(26(2)23-53)31-8-9-35(45-21-31)41(3)12-10-37(57)49-40(41)58/h8-9,16-17,20-22,24-28H,4-7,10-15,23H2,1-3H3,(H2,44,50)(H,46,48)(H,49,57,58)/t25-,26+,27?,28?,41-/m1/s1. The highest BCUT2D eigenvalue weighted by atomic mass is 16.2. The first-order chi connectivity index (χ1) is 28.0. The van der Waals surface area contributed by atoms with Crippen molar-refractivity contribution in [1.82, 2.24) is 49.9 Å². The molecule has 3 atom stereocenters. The molecule has 0 unspecified atom stereocenters. The lowest BCUT2D eigenvalue weighted by Crippen LogP contribution is -2.52. The molecule has 0 radical (unpaired) electrons. The number of nitrogens with one attached hydrogen (secondary N) is 2. The van der Waals surface area contributed by atoms with Crippen LogP contribution in [0, 0.1) is 28.6 Å². The average Bonchev–Trinajstić information content (AvgIpc) is 3.89. The van der Waals surface area contributed by atoms with Crippen LogP contribution in [-0.2, 0) is 15.0 Å². The van der Waals surface area contributed by atoms with Gasteiger partial charge in [-0.1, -0.05) is 5.21 Å². The minimum absolute atomic E-state index is 0.112. The lowest BCUT2D eigenvalue weighted by Gasteiger charge is -2.42. The van der Waals surface area contributed by atoms with E-state index in [0.717, 1.165) is 63.2 Å². The number of piperidine rings is 1. The molecule has 58 heavy (non-hydrogen) atoms. The van der Waals surface area contributed by atoms with Gasteiger partial charge in [0.05, 0.1) is 64.6 Å². The summed E-state index contributed by atoms with van der Waals surface area (Å²) in [5.41, 5.74) is 9.95. The zero-order valence-electron chi connectivity index (χ0n) is 33.0. The lowest BCUT2D eigenvalue weighted by atomic mass is 9.78. The van der Waals surface area contributed by atoms with Crippen molar-refractivity contribution in [2.24, 2.45) is 5.92 Å². The number of anilines is 3. The average molecular weight is 782 g/mol. The lowest BCUT2D eigenvalue weighted by molar-refractivity contribution is -0.137. The molecule has 17 heteroatoms. The van der Waals surface area contributed by atoms with E-state index in [1.54, 1.807) is 40.8 Å². The molecule has 3 aliphatic rings. The maximum atomic E-state index is 12.6. The first kappa shape index (κ1) is 38.4. The van der Waals surface area contributed by atoms with Crippen LogP contribution in [0.25, 0.3) is 22.5 Å². The Morgan fingerprint density at radius 2 is 1.91 bits per heavy atom. The molecule has 3 fully saturated rings. The summed E-state index contributed by atoms with van der Waals surface area (Å²) in [4.78, 5) is 43.0. The number of carbonyl (C=O) groups excluding carboxylic acids is 2. The van der Waals surface area contributed by atoms with Crippen LogP contribution < -0.4 is 21.3 Å². The molecule has 7 heterocycles. The normalized spacial score (nSPS) is 23.3. The third-order valence-electron chi connectivity index (χ3n) is 12.2. The number of amides is 2. The molecule has 5 aromatic heterocycles. The number of carbonyl (C=O) groups is 2. The Balaban J connectivity index is 0.855. The first-order valence-corrected chi connectivity index (χ1v) is 20.0. The molecule has 0 spiro atoms. The van der Waals surface area contributed by atoms with E-state index in [1.807, 2.05) is 31.5 Å². The van der Waals surface area contributed by atoms with Gasteiger partial charge in [-0.25, -0.2) is 14.6 Å². The molecular formula is C41H47N15O2. The number of nitrogen functional groups attached to an aromatic ring is 1. The Morgan fingerprint density at radius 1 is 1.09 bits per heavy atom. The van der Waals surface area contributed by atoms with Crippen LogP contribution in [0.4, 0.5) is 17.2 Å². The van der Waals surface area contributed by atoms with Gasteiger partial charge in [-0.2, -0.15) is 20.3 Å². The quantitative estimate of drug-likeness (QED) is 0.169. The van der Waals surface area contributed by atoms with Gasteiger partial charge >= 0.3 is 0 Å². The zero-order valence-corrected chi connectivity index (χ0v) is 33.0. The van der Waals surface area contributed by atoms with E-state index in [9.17, 15) is 20.1 Å². The number of nitrogens with zero attached hydrogens (tertiary/aromatic N) is 12. The van der Waals surface area contributed by atoms with Gasteiger partial charge in [0.25, 0.3) is 0 Å². The van der Waals surface area contributed by atoms with Crippen LogP contribution in [0.1, 0.15) is 88.6 Å². The number of piperazine rings is 1. The Morgan fingerprint density at radius 3 is 2.64 bits per heavy atom. The van der Waals surface area contributed by atoms with Crippen molar-refractivity contribution in [3.05, 3.63) is 66.0 Å².